The second kappa shape index (κ2) is 5.37. The van der Waals surface area contributed by atoms with Crippen LogP contribution in [0.1, 0.15) is 12.8 Å². The molecule has 0 radical (unpaired) electrons. The molecule has 0 atom stereocenters. The van der Waals surface area contributed by atoms with Gasteiger partial charge >= 0.3 is 5.97 Å². The summed E-state index contributed by atoms with van der Waals surface area (Å²) in [4.78, 5) is 11.4. The zero-order chi connectivity index (χ0) is 12.3. The Morgan fingerprint density at radius 1 is 1.59 bits per heavy atom. The molecule has 0 unspecified atom stereocenters. The van der Waals surface area contributed by atoms with Gasteiger partial charge in [0.05, 0.1) is 4.88 Å². The summed E-state index contributed by atoms with van der Waals surface area (Å²) in [5, 5.41) is 21.9. The van der Waals surface area contributed by atoms with Crippen LogP contribution >= 0.6 is 27.3 Å². The molecule has 0 bridgehead atoms. The molecule has 2 aromatic rings. The zero-order valence-electron chi connectivity index (χ0n) is 8.71. The van der Waals surface area contributed by atoms with Crippen molar-refractivity contribution in [3.05, 3.63) is 15.9 Å². The Labute approximate surface area is 109 Å². The fourth-order valence-electron chi connectivity index (χ4n) is 1.35. The number of tetrazole rings is 1. The van der Waals surface area contributed by atoms with E-state index >= 15 is 0 Å². The summed E-state index contributed by atoms with van der Waals surface area (Å²) in [7, 11) is 0. The minimum Gasteiger partial charge on any atom is -0.481 e. The molecule has 2 rings (SSSR count). The third-order valence-electron chi connectivity index (χ3n) is 2.11. The van der Waals surface area contributed by atoms with Gasteiger partial charge in [0.15, 0.2) is 5.82 Å². The third kappa shape index (κ3) is 2.89. The average Bonchev–Trinajstić information content (AvgIpc) is 2.86. The molecule has 0 amide bonds. The molecule has 2 heterocycles. The van der Waals surface area contributed by atoms with Crippen LogP contribution in [0.15, 0.2) is 15.9 Å². The Balaban J connectivity index is 2.12. The molecule has 2 aromatic heterocycles. The molecule has 0 spiro atoms. The zero-order valence-corrected chi connectivity index (χ0v) is 11.1. The number of hydrogen-bond donors (Lipinski definition) is 1. The first-order valence-corrected chi connectivity index (χ1v) is 6.57. The van der Waals surface area contributed by atoms with Crippen molar-refractivity contribution in [3.63, 3.8) is 0 Å². The standard InChI is InChI=1S/C9H9BrN4O2S/c10-6-3-5-17-8(6)9-11-12-13-14(9)4-1-2-7(15)16/h3,5H,1-2,4H2,(H,15,16). The summed E-state index contributed by atoms with van der Waals surface area (Å²) in [5.41, 5.74) is 0. The van der Waals surface area contributed by atoms with Crippen LogP contribution in [0.4, 0.5) is 0 Å². The van der Waals surface area contributed by atoms with Crippen molar-refractivity contribution in [2.24, 2.45) is 0 Å². The van der Waals surface area contributed by atoms with Crippen LogP contribution < -0.4 is 0 Å². The lowest BCUT2D eigenvalue weighted by Crippen LogP contribution is -2.05. The van der Waals surface area contributed by atoms with Gasteiger partial charge in [-0.05, 0) is 44.2 Å². The molecule has 90 valence electrons. The maximum atomic E-state index is 10.4. The van der Waals surface area contributed by atoms with Crippen molar-refractivity contribution < 1.29 is 9.90 Å². The minimum absolute atomic E-state index is 0.116. The average molecular weight is 317 g/mol. The molecule has 0 saturated heterocycles. The van der Waals surface area contributed by atoms with E-state index in [0.717, 1.165) is 9.35 Å². The number of aromatic nitrogens is 4. The topological polar surface area (TPSA) is 80.9 Å². The van der Waals surface area contributed by atoms with Gasteiger partial charge in [-0.15, -0.1) is 16.4 Å². The van der Waals surface area contributed by atoms with Crippen molar-refractivity contribution in [1.29, 1.82) is 0 Å². The Kier molecular flexibility index (Phi) is 3.85. The SMILES string of the molecule is O=C(O)CCCn1nnnc1-c1sccc1Br. The highest BCUT2D eigenvalue weighted by molar-refractivity contribution is 9.10. The van der Waals surface area contributed by atoms with Gasteiger partial charge in [-0.25, -0.2) is 4.68 Å². The van der Waals surface area contributed by atoms with Gasteiger partial charge in [0.1, 0.15) is 0 Å². The van der Waals surface area contributed by atoms with Crippen LogP contribution in [0.2, 0.25) is 0 Å². The first-order valence-electron chi connectivity index (χ1n) is 4.90. The van der Waals surface area contributed by atoms with Crippen molar-refractivity contribution in [2.75, 3.05) is 0 Å². The Hall–Kier alpha value is -1.28. The van der Waals surface area contributed by atoms with Crippen molar-refractivity contribution in [3.8, 4) is 10.7 Å². The van der Waals surface area contributed by atoms with E-state index in [-0.39, 0.29) is 6.42 Å². The number of hydrogen-bond acceptors (Lipinski definition) is 5. The number of carboxylic acid groups (broad SMARTS) is 1. The molecule has 0 aromatic carbocycles. The molecule has 0 fully saturated rings. The van der Waals surface area contributed by atoms with E-state index < -0.39 is 5.97 Å². The van der Waals surface area contributed by atoms with Crippen molar-refractivity contribution >= 4 is 33.2 Å². The minimum atomic E-state index is -0.808. The summed E-state index contributed by atoms with van der Waals surface area (Å²) in [6, 6.07) is 1.93. The molecule has 1 N–H and O–H groups in total. The van der Waals surface area contributed by atoms with E-state index in [2.05, 4.69) is 31.5 Å². The molecule has 8 heteroatoms. The molecular formula is C9H9BrN4O2S. The molecule has 0 saturated carbocycles. The van der Waals surface area contributed by atoms with Gasteiger partial charge in [-0.1, -0.05) is 0 Å². The fourth-order valence-corrected chi connectivity index (χ4v) is 2.89. The third-order valence-corrected chi connectivity index (χ3v) is 3.95. The fraction of sp³-hybridized carbons (Fsp3) is 0.333. The van der Waals surface area contributed by atoms with E-state index in [1.54, 1.807) is 4.68 Å². The summed E-state index contributed by atoms with van der Waals surface area (Å²) in [6.07, 6.45) is 0.626. The number of aryl methyl sites for hydroxylation is 1. The maximum absolute atomic E-state index is 10.4. The predicted octanol–water partition coefficient (Wildman–Crippen LogP) is 2.03. The van der Waals surface area contributed by atoms with Crippen molar-refractivity contribution in [1.82, 2.24) is 20.2 Å². The van der Waals surface area contributed by atoms with Gasteiger partial charge in [0.25, 0.3) is 0 Å². The normalized spacial score (nSPS) is 10.6. The van der Waals surface area contributed by atoms with E-state index in [0.29, 0.717) is 18.8 Å². The van der Waals surface area contributed by atoms with Crippen molar-refractivity contribution in [2.45, 2.75) is 19.4 Å². The molecule has 0 aliphatic rings. The number of aliphatic carboxylic acids is 1. The van der Waals surface area contributed by atoms with Crippen LogP contribution in [-0.2, 0) is 11.3 Å². The maximum Gasteiger partial charge on any atom is 0.303 e. The van der Waals surface area contributed by atoms with Crippen LogP contribution in [0.3, 0.4) is 0 Å². The van der Waals surface area contributed by atoms with Gasteiger partial charge in [0, 0.05) is 17.4 Å². The molecular weight excluding hydrogens is 308 g/mol. The van der Waals surface area contributed by atoms with Gasteiger partial charge in [0.2, 0.25) is 0 Å². The lowest BCUT2D eigenvalue weighted by atomic mass is 10.3. The first-order chi connectivity index (χ1) is 8.18. The molecule has 17 heavy (non-hydrogen) atoms. The van der Waals surface area contributed by atoms with Gasteiger partial charge in [-0.3, -0.25) is 4.79 Å². The van der Waals surface area contributed by atoms with E-state index in [4.69, 9.17) is 5.11 Å². The number of carbonyl (C=O) groups is 1. The van der Waals surface area contributed by atoms with Crippen LogP contribution in [-0.4, -0.2) is 31.3 Å². The number of rotatable bonds is 5. The summed E-state index contributed by atoms with van der Waals surface area (Å²) < 4.78 is 2.57. The quantitative estimate of drug-likeness (QED) is 0.912. The highest BCUT2D eigenvalue weighted by Gasteiger charge is 2.13. The number of halogens is 1. The number of thiophene rings is 1. The summed E-state index contributed by atoms with van der Waals surface area (Å²) >= 11 is 4.96. The Morgan fingerprint density at radius 2 is 2.41 bits per heavy atom. The van der Waals surface area contributed by atoms with Gasteiger partial charge < -0.3 is 5.11 Å². The monoisotopic (exact) mass is 316 g/mol. The molecule has 0 aliphatic heterocycles. The lowest BCUT2D eigenvalue weighted by Gasteiger charge is -2.01. The second-order valence-corrected chi connectivity index (χ2v) is 5.09. The Morgan fingerprint density at radius 3 is 3.06 bits per heavy atom. The second-order valence-electron chi connectivity index (χ2n) is 3.32. The summed E-state index contributed by atoms with van der Waals surface area (Å²) in [5.74, 6) is -0.144. The van der Waals surface area contributed by atoms with E-state index in [9.17, 15) is 4.79 Å². The predicted molar refractivity (Wildman–Crippen MR) is 65.7 cm³/mol. The Bertz CT molecular complexity index is 525. The van der Waals surface area contributed by atoms with E-state index in [1.165, 1.54) is 11.3 Å². The molecule has 0 aliphatic carbocycles. The number of carboxylic acids is 1. The van der Waals surface area contributed by atoms with Crippen LogP contribution in [0.25, 0.3) is 10.7 Å². The van der Waals surface area contributed by atoms with Crippen LogP contribution in [0, 0.1) is 0 Å². The largest absolute Gasteiger partial charge is 0.481 e. The van der Waals surface area contributed by atoms with Gasteiger partial charge in [-0.2, -0.15) is 0 Å². The molecule has 6 nitrogen and oxygen atoms in total. The number of nitrogens with zero attached hydrogens (tertiary/aromatic N) is 4. The lowest BCUT2D eigenvalue weighted by molar-refractivity contribution is -0.137. The summed E-state index contributed by atoms with van der Waals surface area (Å²) in [6.45, 7) is 0.499. The first kappa shape index (κ1) is 12.2. The highest BCUT2D eigenvalue weighted by Crippen LogP contribution is 2.31. The highest BCUT2D eigenvalue weighted by atomic mass is 79.9. The van der Waals surface area contributed by atoms with Crippen LogP contribution in [0.5, 0.6) is 0 Å². The smallest absolute Gasteiger partial charge is 0.303 e. The van der Waals surface area contributed by atoms with E-state index in [1.807, 2.05) is 11.4 Å².